The zero-order chi connectivity index (χ0) is 11.3. The molecule has 0 radical (unpaired) electrons. The Bertz CT molecular complexity index is 345. The Morgan fingerprint density at radius 3 is 2.53 bits per heavy atom. The van der Waals surface area contributed by atoms with Crippen LogP contribution in [0.3, 0.4) is 0 Å². The molecule has 0 unspecified atom stereocenters. The summed E-state index contributed by atoms with van der Waals surface area (Å²) in [6.07, 6.45) is 1.74. The van der Waals surface area contributed by atoms with Crippen LogP contribution in [0.4, 0.5) is 0 Å². The molecule has 0 N–H and O–H groups in total. The standard InChI is InChI=1S/C12H14INO/c1-3-9-14(4-2)12(15)10-5-7-11(13)8-6-10/h3,5-8H,1,4,9H2,2H3. The van der Waals surface area contributed by atoms with Gasteiger partial charge in [0.1, 0.15) is 0 Å². The van der Waals surface area contributed by atoms with E-state index in [-0.39, 0.29) is 5.91 Å². The molecule has 0 saturated carbocycles. The SMILES string of the molecule is C=CCN(CC)C(=O)c1ccc(I)cc1. The summed E-state index contributed by atoms with van der Waals surface area (Å²) in [6.45, 7) is 6.91. The van der Waals surface area contributed by atoms with Gasteiger partial charge in [-0.25, -0.2) is 0 Å². The number of rotatable bonds is 4. The average Bonchev–Trinajstić information content (AvgIpc) is 2.26. The van der Waals surface area contributed by atoms with Crippen molar-refractivity contribution in [3.05, 3.63) is 46.1 Å². The van der Waals surface area contributed by atoms with E-state index in [2.05, 4.69) is 29.2 Å². The van der Waals surface area contributed by atoms with Crippen molar-refractivity contribution in [2.24, 2.45) is 0 Å². The van der Waals surface area contributed by atoms with Gasteiger partial charge in [-0.1, -0.05) is 6.08 Å². The predicted octanol–water partition coefficient (Wildman–Crippen LogP) is 2.94. The van der Waals surface area contributed by atoms with Gasteiger partial charge in [0.15, 0.2) is 0 Å². The number of amides is 1. The minimum Gasteiger partial charge on any atom is -0.335 e. The van der Waals surface area contributed by atoms with Crippen molar-refractivity contribution in [2.45, 2.75) is 6.92 Å². The van der Waals surface area contributed by atoms with E-state index in [0.29, 0.717) is 13.1 Å². The number of carbonyl (C=O) groups excluding carboxylic acids is 1. The third kappa shape index (κ3) is 3.34. The van der Waals surface area contributed by atoms with Crippen molar-refractivity contribution in [3.8, 4) is 0 Å². The third-order valence-corrected chi connectivity index (χ3v) is 2.83. The number of halogens is 1. The number of hydrogen-bond donors (Lipinski definition) is 0. The molecular weight excluding hydrogens is 301 g/mol. The normalized spacial score (nSPS) is 9.73. The summed E-state index contributed by atoms with van der Waals surface area (Å²) in [5.74, 6) is 0.0637. The summed E-state index contributed by atoms with van der Waals surface area (Å²) >= 11 is 2.22. The number of likely N-dealkylation sites (N-methyl/N-ethyl adjacent to an activating group) is 1. The maximum Gasteiger partial charge on any atom is 0.254 e. The van der Waals surface area contributed by atoms with Crippen LogP contribution in [0.25, 0.3) is 0 Å². The molecule has 0 bridgehead atoms. The van der Waals surface area contributed by atoms with E-state index in [9.17, 15) is 4.79 Å². The molecule has 0 spiro atoms. The lowest BCUT2D eigenvalue weighted by Gasteiger charge is -2.18. The molecule has 2 nitrogen and oxygen atoms in total. The summed E-state index contributed by atoms with van der Waals surface area (Å²) in [6, 6.07) is 7.59. The minimum absolute atomic E-state index is 0.0637. The lowest BCUT2D eigenvalue weighted by molar-refractivity contribution is 0.0782. The summed E-state index contributed by atoms with van der Waals surface area (Å²) in [4.78, 5) is 13.7. The quantitative estimate of drug-likeness (QED) is 0.618. The fourth-order valence-corrected chi connectivity index (χ4v) is 1.65. The molecule has 1 rings (SSSR count). The Kier molecular flexibility index (Phi) is 4.81. The highest BCUT2D eigenvalue weighted by Crippen LogP contribution is 2.09. The van der Waals surface area contributed by atoms with Gasteiger partial charge in [0, 0.05) is 22.2 Å². The molecule has 0 atom stereocenters. The summed E-state index contributed by atoms with van der Waals surface area (Å²) in [7, 11) is 0. The van der Waals surface area contributed by atoms with Crippen LogP contribution in [0, 0.1) is 3.57 Å². The molecule has 0 aliphatic carbocycles. The predicted molar refractivity (Wildman–Crippen MR) is 70.9 cm³/mol. The largest absolute Gasteiger partial charge is 0.335 e. The summed E-state index contributed by atoms with van der Waals surface area (Å²) < 4.78 is 1.14. The topological polar surface area (TPSA) is 20.3 Å². The van der Waals surface area contributed by atoms with Crippen molar-refractivity contribution < 1.29 is 4.79 Å². The van der Waals surface area contributed by atoms with Crippen molar-refractivity contribution >= 4 is 28.5 Å². The molecule has 1 aromatic rings. The zero-order valence-electron chi connectivity index (χ0n) is 8.74. The van der Waals surface area contributed by atoms with Crippen LogP contribution in [0.1, 0.15) is 17.3 Å². The van der Waals surface area contributed by atoms with Crippen molar-refractivity contribution in [2.75, 3.05) is 13.1 Å². The Hall–Kier alpha value is -0.840. The first-order valence-electron chi connectivity index (χ1n) is 4.84. The fraction of sp³-hybridized carbons (Fsp3) is 0.250. The van der Waals surface area contributed by atoms with Crippen LogP contribution in [0.5, 0.6) is 0 Å². The number of hydrogen-bond acceptors (Lipinski definition) is 1. The monoisotopic (exact) mass is 315 g/mol. The van der Waals surface area contributed by atoms with Crippen molar-refractivity contribution in [1.29, 1.82) is 0 Å². The molecule has 0 aromatic heterocycles. The molecular formula is C12H14INO. The molecule has 80 valence electrons. The number of carbonyl (C=O) groups is 1. The lowest BCUT2D eigenvalue weighted by atomic mass is 10.2. The Morgan fingerprint density at radius 1 is 1.47 bits per heavy atom. The second-order valence-electron chi connectivity index (χ2n) is 3.14. The number of nitrogens with zero attached hydrogens (tertiary/aromatic N) is 1. The molecule has 0 heterocycles. The van der Waals surface area contributed by atoms with E-state index in [4.69, 9.17) is 0 Å². The fourth-order valence-electron chi connectivity index (χ4n) is 1.29. The molecule has 0 aliphatic heterocycles. The van der Waals surface area contributed by atoms with Crippen LogP contribution in [-0.2, 0) is 0 Å². The zero-order valence-corrected chi connectivity index (χ0v) is 10.9. The van der Waals surface area contributed by atoms with Gasteiger partial charge in [0.05, 0.1) is 0 Å². The lowest BCUT2D eigenvalue weighted by Crippen LogP contribution is -2.30. The first-order chi connectivity index (χ1) is 7.19. The van der Waals surface area contributed by atoms with Gasteiger partial charge in [-0.2, -0.15) is 0 Å². The smallest absolute Gasteiger partial charge is 0.254 e. The van der Waals surface area contributed by atoms with Gasteiger partial charge in [-0.3, -0.25) is 4.79 Å². The first kappa shape index (κ1) is 12.2. The molecule has 1 aromatic carbocycles. The summed E-state index contributed by atoms with van der Waals surface area (Å²) in [5, 5.41) is 0. The van der Waals surface area contributed by atoms with E-state index < -0.39 is 0 Å². The van der Waals surface area contributed by atoms with Crippen LogP contribution in [0.2, 0.25) is 0 Å². The van der Waals surface area contributed by atoms with Gasteiger partial charge < -0.3 is 4.90 Å². The molecule has 3 heteroatoms. The highest BCUT2D eigenvalue weighted by Gasteiger charge is 2.11. The van der Waals surface area contributed by atoms with Gasteiger partial charge in [0.25, 0.3) is 5.91 Å². The maximum atomic E-state index is 12.0. The molecule has 1 amide bonds. The van der Waals surface area contributed by atoms with Gasteiger partial charge in [0.2, 0.25) is 0 Å². The van der Waals surface area contributed by atoms with E-state index in [1.54, 1.807) is 11.0 Å². The van der Waals surface area contributed by atoms with E-state index in [0.717, 1.165) is 9.13 Å². The Labute approximate surface area is 104 Å². The number of benzene rings is 1. The van der Waals surface area contributed by atoms with E-state index >= 15 is 0 Å². The van der Waals surface area contributed by atoms with E-state index in [1.807, 2.05) is 31.2 Å². The van der Waals surface area contributed by atoms with Crippen molar-refractivity contribution in [1.82, 2.24) is 4.90 Å². The highest BCUT2D eigenvalue weighted by atomic mass is 127. The van der Waals surface area contributed by atoms with Gasteiger partial charge >= 0.3 is 0 Å². The first-order valence-corrected chi connectivity index (χ1v) is 5.92. The molecule has 0 fully saturated rings. The maximum absolute atomic E-state index is 12.0. The van der Waals surface area contributed by atoms with Gasteiger partial charge in [-0.05, 0) is 53.8 Å². The second kappa shape index (κ2) is 5.90. The van der Waals surface area contributed by atoms with Crippen LogP contribution in [0.15, 0.2) is 36.9 Å². The summed E-state index contributed by atoms with van der Waals surface area (Å²) in [5.41, 5.74) is 0.735. The second-order valence-corrected chi connectivity index (χ2v) is 4.38. The Balaban J connectivity index is 2.82. The van der Waals surface area contributed by atoms with Crippen molar-refractivity contribution in [3.63, 3.8) is 0 Å². The highest BCUT2D eigenvalue weighted by molar-refractivity contribution is 14.1. The van der Waals surface area contributed by atoms with Crippen LogP contribution in [-0.4, -0.2) is 23.9 Å². The average molecular weight is 315 g/mol. The molecule has 15 heavy (non-hydrogen) atoms. The van der Waals surface area contributed by atoms with Gasteiger partial charge in [-0.15, -0.1) is 6.58 Å². The van der Waals surface area contributed by atoms with Crippen LogP contribution >= 0.6 is 22.6 Å². The molecule has 0 saturated heterocycles. The van der Waals surface area contributed by atoms with E-state index in [1.165, 1.54) is 0 Å². The molecule has 0 aliphatic rings. The Morgan fingerprint density at radius 2 is 2.07 bits per heavy atom. The minimum atomic E-state index is 0.0637. The third-order valence-electron chi connectivity index (χ3n) is 2.11. The van der Waals surface area contributed by atoms with Crippen LogP contribution < -0.4 is 0 Å².